The summed E-state index contributed by atoms with van der Waals surface area (Å²) in [7, 11) is 3.23. The lowest BCUT2D eigenvalue weighted by Crippen LogP contribution is -2.45. The van der Waals surface area contributed by atoms with Crippen molar-refractivity contribution in [2.24, 2.45) is 0 Å². The van der Waals surface area contributed by atoms with Gasteiger partial charge in [-0.05, 0) is 0 Å². The van der Waals surface area contributed by atoms with Crippen molar-refractivity contribution >= 4 is 11.3 Å². The van der Waals surface area contributed by atoms with Gasteiger partial charge in [-0.25, -0.2) is 4.98 Å². The highest BCUT2D eigenvalue weighted by atomic mass is 32.1. The van der Waals surface area contributed by atoms with Gasteiger partial charge in [-0.2, -0.15) is 0 Å². The topological polar surface area (TPSA) is 51.6 Å². The molecule has 78 valence electrons. The quantitative estimate of drug-likeness (QED) is 0.821. The van der Waals surface area contributed by atoms with E-state index in [0.717, 1.165) is 0 Å². The zero-order valence-electron chi connectivity index (χ0n) is 8.19. The maximum absolute atomic E-state index is 10.1. The van der Waals surface area contributed by atoms with Gasteiger partial charge in [-0.15, -0.1) is 0 Å². The van der Waals surface area contributed by atoms with E-state index in [0.29, 0.717) is 23.7 Å². The highest BCUT2D eigenvalue weighted by Gasteiger charge is 2.46. The number of rotatable bonds is 3. The molecule has 2 rings (SSSR count). The van der Waals surface area contributed by atoms with Crippen LogP contribution in [0.4, 0.5) is 0 Å². The number of aliphatic hydroxyl groups is 1. The fraction of sp³-hybridized carbons (Fsp3) is 0.667. The molecule has 0 atom stereocenters. The molecular formula is C9H13NO3S. The molecule has 4 nitrogen and oxygen atoms in total. The van der Waals surface area contributed by atoms with E-state index in [1.807, 2.05) is 5.38 Å². The minimum atomic E-state index is -0.798. The number of aromatic nitrogens is 1. The van der Waals surface area contributed by atoms with Crippen molar-refractivity contribution in [3.8, 4) is 5.19 Å². The Morgan fingerprint density at radius 1 is 1.57 bits per heavy atom. The third-order valence-corrected chi connectivity index (χ3v) is 3.40. The van der Waals surface area contributed by atoms with Gasteiger partial charge >= 0.3 is 0 Å². The highest BCUT2D eigenvalue weighted by molar-refractivity contribution is 7.11. The summed E-state index contributed by atoms with van der Waals surface area (Å²) in [5.74, 6) is 0. The molecule has 1 N–H and O–H groups in total. The molecular weight excluding hydrogens is 202 g/mol. The Balaban J connectivity index is 2.08. The predicted molar refractivity (Wildman–Crippen MR) is 52.6 cm³/mol. The van der Waals surface area contributed by atoms with Gasteiger partial charge < -0.3 is 14.6 Å². The molecule has 1 saturated carbocycles. The third kappa shape index (κ3) is 1.51. The van der Waals surface area contributed by atoms with E-state index in [2.05, 4.69) is 4.98 Å². The summed E-state index contributed by atoms with van der Waals surface area (Å²) in [5.41, 5.74) is -0.0961. The van der Waals surface area contributed by atoms with E-state index in [1.54, 1.807) is 14.2 Å². The first-order valence-electron chi connectivity index (χ1n) is 4.43. The Bertz CT molecular complexity index is 320. The normalized spacial score (nSPS) is 31.2. The molecule has 0 unspecified atom stereocenters. The highest BCUT2D eigenvalue weighted by Crippen LogP contribution is 2.43. The number of nitrogens with zero attached hydrogens (tertiary/aromatic N) is 1. The largest absolute Gasteiger partial charge is 0.473 e. The Morgan fingerprint density at radius 3 is 2.79 bits per heavy atom. The maximum Gasteiger partial charge on any atom is 0.273 e. The van der Waals surface area contributed by atoms with Crippen LogP contribution >= 0.6 is 11.3 Å². The van der Waals surface area contributed by atoms with Crippen LogP contribution in [0.25, 0.3) is 0 Å². The maximum atomic E-state index is 10.1. The lowest BCUT2D eigenvalue weighted by molar-refractivity contribution is -0.135. The Morgan fingerprint density at radius 2 is 2.29 bits per heavy atom. The van der Waals surface area contributed by atoms with E-state index in [1.165, 1.54) is 11.3 Å². The lowest BCUT2D eigenvalue weighted by Gasteiger charge is -2.41. The second-order valence-electron chi connectivity index (χ2n) is 3.50. The second kappa shape index (κ2) is 3.49. The monoisotopic (exact) mass is 215 g/mol. The summed E-state index contributed by atoms with van der Waals surface area (Å²) in [6, 6.07) is 0. The second-order valence-corrected chi connectivity index (χ2v) is 4.32. The third-order valence-electron chi connectivity index (χ3n) is 2.60. The van der Waals surface area contributed by atoms with Crippen molar-refractivity contribution in [1.82, 2.24) is 4.98 Å². The van der Waals surface area contributed by atoms with Crippen molar-refractivity contribution < 1.29 is 14.6 Å². The summed E-state index contributed by atoms with van der Waals surface area (Å²) in [6.45, 7) is 0. The van der Waals surface area contributed by atoms with Gasteiger partial charge in [0.15, 0.2) is 0 Å². The molecule has 14 heavy (non-hydrogen) atoms. The van der Waals surface area contributed by atoms with Gasteiger partial charge in [0, 0.05) is 25.3 Å². The van der Waals surface area contributed by atoms with Crippen LogP contribution in [0.15, 0.2) is 5.38 Å². The first kappa shape index (κ1) is 9.89. The number of ether oxygens (including phenoxy) is 2. The molecule has 1 aliphatic rings. The standard InChI is InChI=1S/C9H13NO3S/c1-12-6-3-9(11,4-6)7-5-14-8(10-7)13-2/h5-6,11H,3-4H2,1-2H3. The Kier molecular flexibility index (Phi) is 2.47. The summed E-state index contributed by atoms with van der Waals surface area (Å²) in [4.78, 5) is 4.18. The van der Waals surface area contributed by atoms with Crippen LogP contribution < -0.4 is 4.74 Å². The minimum Gasteiger partial charge on any atom is -0.473 e. The molecule has 0 aliphatic heterocycles. The summed E-state index contributed by atoms with van der Waals surface area (Å²) < 4.78 is 10.1. The van der Waals surface area contributed by atoms with E-state index < -0.39 is 5.60 Å². The first-order valence-corrected chi connectivity index (χ1v) is 5.31. The van der Waals surface area contributed by atoms with Crippen LogP contribution in [0.1, 0.15) is 18.5 Å². The Labute approximate surface area is 86.5 Å². The molecule has 1 aromatic rings. The van der Waals surface area contributed by atoms with Crippen LogP contribution in [-0.4, -0.2) is 30.4 Å². The van der Waals surface area contributed by atoms with Crippen LogP contribution in [-0.2, 0) is 10.3 Å². The van der Waals surface area contributed by atoms with E-state index >= 15 is 0 Å². The van der Waals surface area contributed by atoms with Gasteiger partial charge in [0.25, 0.3) is 5.19 Å². The molecule has 1 aromatic heterocycles. The molecule has 0 bridgehead atoms. The molecule has 0 amide bonds. The van der Waals surface area contributed by atoms with E-state index in [-0.39, 0.29) is 6.10 Å². The molecule has 0 saturated heterocycles. The molecule has 0 radical (unpaired) electrons. The van der Waals surface area contributed by atoms with Gasteiger partial charge in [0.05, 0.1) is 18.9 Å². The molecule has 0 aromatic carbocycles. The van der Waals surface area contributed by atoms with Crippen molar-refractivity contribution in [3.63, 3.8) is 0 Å². The molecule has 5 heteroatoms. The zero-order valence-corrected chi connectivity index (χ0v) is 9.00. The first-order chi connectivity index (χ1) is 6.68. The lowest BCUT2D eigenvalue weighted by atomic mass is 9.75. The SMILES string of the molecule is COc1nc(C2(O)CC(OC)C2)cs1. The summed E-state index contributed by atoms with van der Waals surface area (Å²) in [5, 5.41) is 12.5. The van der Waals surface area contributed by atoms with Crippen LogP contribution in [0, 0.1) is 0 Å². The summed E-state index contributed by atoms with van der Waals surface area (Å²) in [6.07, 6.45) is 1.40. The molecule has 1 aliphatic carbocycles. The van der Waals surface area contributed by atoms with Crippen molar-refractivity contribution in [2.75, 3.05) is 14.2 Å². The van der Waals surface area contributed by atoms with E-state index in [9.17, 15) is 5.11 Å². The fourth-order valence-corrected chi connectivity index (χ4v) is 2.37. The summed E-state index contributed by atoms with van der Waals surface area (Å²) >= 11 is 1.40. The van der Waals surface area contributed by atoms with Gasteiger partial charge in [0.1, 0.15) is 5.60 Å². The minimum absolute atomic E-state index is 0.160. The molecule has 1 heterocycles. The smallest absolute Gasteiger partial charge is 0.273 e. The van der Waals surface area contributed by atoms with Gasteiger partial charge in [0.2, 0.25) is 0 Å². The predicted octanol–water partition coefficient (Wildman–Crippen LogP) is 1.15. The van der Waals surface area contributed by atoms with E-state index in [4.69, 9.17) is 9.47 Å². The van der Waals surface area contributed by atoms with Crippen molar-refractivity contribution in [2.45, 2.75) is 24.5 Å². The van der Waals surface area contributed by atoms with Crippen molar-refractivity contribution in [1.29, 1.82) is 0 Å². The number of hydrogen-bond donors (Lipinski definition) is 1. The fourth-order valence-electron chi connectivity index (χ4n) is 1.63. The molecule has 0 spiro atoms. The van der Waals surface area contributed by atoms with Crippen LogP contribution in [0.2, 0.25) is 0 Å². The number of thiazole rings is 1. The average molecular weight is 215 g/mol. The number of hydrogen-bond acceptors (Lipinski definition) is 5. The molecule has 1 fully saturated rings. The van der Waals surface area contributed by atoms with Crippen molar-refractivity contribution in [3.05, 3.63) is 11.1 Å². The van der Waals surface area contributed by atoms with Gasteiger partial charge in [-0.1, -0.05) is 11.3 Å². The van der Waals surface area contributed by atoms with Crippen LogP contribution in [0.5, 0.6) is 5.19 Å². The zero-order chi connectivity index (χ0) is 10.2. The Hall–Kier alpha value is -0.650. The van der Waals surface area contributed by atoms with Gasteiger partial charge in [-0.3, -0.25) is 0 Å². The number of methoxy groups -OCH3 is 2. The average Bonchev–Trinajstić information content (AvgIpc) is 2.61. The van der Waals surface area contributed by atoms with Crippen LogP contribution in [0.3, 0.4) is 0 Å².